The van der Waals surface area contributed by atoms with Gasteiger partial charge < -0.3 is 9.67 Å². The van der Waals surface area contributed by atoms with E-state index in [0.717, 1.165) is 21.0 Å². The van der Waals surface area contributed by atoms with E-state index in [1.807, 2.05) is 67.6 Å². The molecule has 1 heterocycles. The minimum atomic E-state index is -0.939. The van der Waals surface area contributed by atoms with Crippen LogP contribution in [-0.4, -0.2) is 21.6 Å². The molecule has 1 amide bonds. The van der Waals surface area contributed by atoms with Crippen molar-refractivity contribution >= 4 is 44.2 Å². The number of hydrogen-bond acceptors (Lipinski definition) is 3. The van der Waals surface area contributed by atoms with Crippen LogP contribution in [-0.2, 0) is 4.79 Å². The van der Waals surface area contributed by atoms with E-state index in [9.17, 15) is 14.7 Å². The van der Waals surface area contributed by atoms with E-state index in [1.165, 1.54) is 11.3 Å². The van der Waals surface area contributed by atoms with Crippen molar-refractivity contribution in [2.24, 2.45) is 4.99 Å². The number of fused-ring (bicyclic) bond motifs is 2. The molecular formula is C22H18N2O3S. The fraction of sp³-hybridized carbons (Fsp3) is 0.136. The minimum Gasteiger partial charge on any atom is -0.480 e. The minimum absolute atomic E-state index is 0.383. The van der Waals surface area contributed by atoms with Crippen molar-refractivity contribution in [3.8, 4) is 0 Å². The van der Waals surface area contributed by atoms with Gasteiger partial charge in [-0.1, -0.05) is 60.7 Å². The SMILES string of the molecule is CCC(C(=O)O)n1c(=NC(=O)c2ccc3ccccc3c2)sc2ccccc21. The molecule has 3 aromatic carbocycles. The van der Waals surface area contributed by atoms with Crippen LogP contribution in [0.4, 0.5) is 0 Å². The Morgan fingerprint density at radius 2 is 1.75 bits per heavy atom. The lowest BCUT2D eigenvalue weighted by atomic mass is 10.1. The van der Waals surface area contributed by atoms with Gasteiger partial charge in [0.15, 0.2) is 4.80 Å². The Balaban J connectivity index is 1.88. The highest BCUT2D eigenvalue weighted by atomic mass is 32.1. The molecule has 4 aromatic rings. The maximum absolute atomic E-state index is 12.8. The van der Waals surface area contributed by atoms with Crippen LogP contribution in [0.25, 0.3) is 21.0 Å². The molecule has 0 bridgehead atoms. The van der Waals surface area contributed by atoms with Gasteiger partial charge in [-0.25, -0.2) is 4.79 Å². The molecule has 140 valence electrons. The normalized spacial score (nSPS) is 13.1. The summed E-state index contributed by atoms with van der Waals surface area (Å²) in [5.74, 6) is -1.32. The number of aromatic nitrogens is 1. The molecule has 0 radical (unpaired) electrons. The number of carboxylic acids is 1. The van der Waals surface area contributed by atoms with Crippen molar-refractivity contribution in [3.63, 3.8) is 0 Å². The molecule has 5 nitrogen and oxygen atoms in total. The zero-order valence-electron chi connectivity index (χ0n) is 15.2. The summed E-state index contributed by atoms with van der Waals surface area (Å²) < 4.78 is 2.55. The number of carbonyl (C=O) groups excluding carboxylic acids is 1. The van der Waals surface area contributed by atoms with Gasteiger partial charge in [0.2, 0.25) is 0 Å². The standard InChI is InChI=1S/C22H18N2O3S/c1-2-17(21(26)27)24-18-9-5-6-10-19(18)28-22(24)23-20(25)16-12-11-14-7-3-4-8-15(14)13-16/h3-13,17H,2H2,1H3,(H,26,27). The van der Waals surface area contributed by atoms with Crippen LogP contribution >= 0.6 is 11.3 Å². The first-order chi connectivity index (χ1) is 13.6. The zero-order valence-corrected chi connectivity index (χ0v) is 16.0. The number of benzene rings is 3. The van der Waals surface area contributed by atoms with Crippen LogP contribution in [0.1, 0.15) is 29.7 Å². The van der Waals surface area contributed by atoms with E-state index in [-0.39, 0.29) is 5.91 Å². The van der Waals surface area contributed by atoms with E-state index in [1.54, 1.807) is 10.6 Å². The number of carboxylic acid groups (broad SMARTS) is 1. The number of hydrogen-bond donors (Lipinski definition) is 1. The van der Waals surface area contributed by atoms with Gasteiger partial charge in [-0.05, 0) is 41.5 Å². The van der Waals surface area contributed by atoms with Gasteiger partial charge >= 0.3 is 5.97 Å². The van der Waals surface area contributed by atoms with Crippen LogP contribution in [0.3, 0.4) is 0 Å². The Morgan fingerprint density at radius 1 is 1.04 bits per heavy atom. The van der Waals surface area contributed by atoms with Gasteiger partial charge in [-0.15, -0.1) is 0 Å². The molecule has 1 aromatic heterocycles. The third-order valence-corrected chi connectivity index (χ3v) is 5.74. The maximum atomic E-state index is 12.8. The smallest absolute Gasteiger partial charge is 0.326 e. The highest BCUT2D eigenvalue weighted by Crippen LogP contribution is 2.23. The quantitative estimate of drug-likeness (QED) is 0.552. The fourth-order valence-corrected chi connectivity index (χ4v) is 4.38. The molecule has 0 aliphatic rings. The number of aliphatic carboxylic acids is 1. The summed E-state index contributed by atoms with van der Waals surface area (Å²) in [5, 5.41) is 11.7. The number of nitrogens with zero attached hydrogens (tertiary/aromatic N) is 2. The van der Waals surface area contributed by atoms with Crippen molar-refractivity contribution in [2.45, 2.75) is 19.4 Å². The lowest BCUT2D eigenvalue weighted by Gasteiger charge is -2.13. The second kappa shape index (κ2) is 7.40. The highest BCUT2D eigenvalue weighted by molar-refractivity contribution is 7.16. The third-order valence-electron chi connectivity index (χ3n) is 4.71. The average molecular weight is 390 g/mol. The van der Waals surface area contributed by atoms with Crippen molar-refractivity contribution in [1.29, 1.82) is 0 Å². The first-order valence-corrected chi connectivity index (χ1v) is 9.81. The summed E-state index contributed by atoms with van der Waals surface area (Å²) in [5.41, 5.74) is 1.25. The molecule has 0 aliphatic carbocycles. The van der Waals surface area contributed by atoms with Crippen molar-refractivity contribution < 1.29 is 14.7 Å². The van der Waals surface area contributed by atoms with Crippen molar-refractivity contribution in [2.75, 3.05) is 0 Å². The molecule has 1 unspecified atom stereocenters. The number of rotatable bonds is 4. The van der Waals surface area contributed by atoms with E-state index in [2.05, 4.69) is 4.99 Å². The Kier molecular flexibility index (Phi) is 4.79. The second-order valence-electron chi connectivity index (χ2n) is 6.46. The summed E-state index contributed by atoms with van der Waals surface area (Å²) in [4.78, 5) is 29.3. The summed E-state index contributed by atoms with van der Waals surface area (Å²) >= 11 is 1.32. The van der Waals surface area contributed by atoms with E-state index < -0.39 is 12.0 Å². The topological polar surface area (TPSA) is 71.7 Å². The van der Waals surface area contributed by atoms with Gasteiger partial charge in [0.1, 0.15) is 6.04 Å². The van der Waals surface area contributed by atoms with Crippen LogP contribution in [0.5, 0.6) is 0 Å². The monoisotopic (exact) mass is 390 g/mol. The Bertz CT molecular complexity index is 1270. The largest absolute Gasteiger partial charge is 0.480 e. The van der Waals surface area contributed by atoms with Gasteiger partial charge in [0.25, 0.3) is 5.91 Å². The van der Waals surface area contributed by atoms with E-state index in [4.69, 9.17) is 0 Å². The number of carbonyl (C=O) groups is 2. The lowest BCUT2D eigenvalue weighted by molar-refractivity contribution is -0.140. The average Bonchev–Trinajstić information content (AvgIpc) is 3.06. The molecule has 0 fully saturated rings. The summed E-state index contributed by atoms with van der Waals surface area (Å²) in [6.07, 6.45) is 0.396. The molecule has 0 aliphatic heterocycles. The molecular weight excluding hydrogens is 372 g/mol. The molecule has 0 spiro atoms. The predicted molar refractivity (Wildman–Crippen MR) is 111 cm³/mol. The number of amides is 1. The molecule has 1 atom stereocenters. The first kappa shape index (κ1) is 18.1. The number of thiazole rings is 1. The molecule has 0 saturated carbocycles. The highest BCUT2D eigenvalue weighted by Gasteiger charge is 2.22. The molecule has 1 N–H and O–H groups in total. The number of para-hydroxylation sites is 1. The third kappa shape index (κ3) is 3.23. The fourth-order valence-electron chi connectivity index (χ4n) is 3.31. The Hall–Kier alpha value is -3.25. The second-order valence-corrected chi connectivity index (χ2v) is 7.47. The van der Waals surface area contributed by atoms with Gasteiger partial charge in [0, 0.05) is 5.56 Å². The summed E-state index contributed by atoms with van der Waals surface area (Å²) in [7, 11) is 0. The Labute approximate surface area is 165 Å². The molecule has 6 heteroatoms. The van der Waals surface area contributed by atoms with Crippen molar-refractivity contribution in [1.82, 2.24) is 4.57 Å². The van der Waals surface area contributed by atoms with Gasteiger partial charge in [-0.2, -0.15) is 4.99 Å². The van der Waals surface area contributed by atoms with Gasteiger partial charge in [-0.3, -0.25) is 4.79 Å². The summed E-state index contributed by atoms with van der Waals surface area (Å²) in [6, 6.07) is 20.0. The predicted octanol–water partition coefficient (Wildman–Crippen LogP) is 4.63. The first-order valence-electron chi connectivity index (χ1n) is 8.99. The Morgan fingerprint density at radius 3 is 2.50 bits per heavy atom. The summed E-state index contributed by atoms with van der Waals surface area (Å²) in [6.45, 7) is 1.81. The molecule has 0 saturated heterocycles. The van der Waals surface area contributed by atoms with Crippen LogP contribution in [0.2, 0.25) is 0 Å². The zero-order chi connectivity index (χ0) is 19.7. The van der Waals surface area contributed by atoms with Crippen LogP contribution in [0.15, 0.2) is 71.7 Å². The lowest BCUT2D eigenvalue weighted by Crippen LogP contribution is -2.27. The van der Waals surface area contributed by atoms with Crippen molar-refractivity contribution in [3.05, 3.63) is 77.1 Å². The molecule has 28 heavy (non-hydrogen) atoms. The van der Waals surface area contributed by atoms with Crippen LogP contribution in [0, 0.1) is 0 Å². The van der Waals surface area contributed by atoms with E-state index >= 15 is 0 Å². The molecule has 4 rings (SSSR count). The van der Waals surface area contributed by atoms with E-state index in [0.29, 0.717) is 16.8 Å². The van der Waals surface area contributed by atoms with Crippen LogP contribution < -0.4 is 4.80 Å². The maximum Gasteiger partial charge on any atom is 0.326 e. The van der Waals surface area contributed by atoms with Gasteiger partial charge in [0.05, 0.1) is 10.2 Å².